The zero-order chi connectivity index (χ0) is 31.7. The Hall–Kier alpha value is -4.21. The average Bonchev–Trinajstić information content (AvgIpc) is 3.03. The van der Waals surface area contributed by atoms with Gasteiger partial charge in [-0.25, -0.2) is 12.8 Å². The second-order valence-corrected chi connectivity index (χ2v) is 12.7. The fourth-order valence-electron chi connectivity index (χ4n) is 4.66. The van der Waals surface area contributed by atoms with Crippen LogP contribution in [0.2, 0.25) is 5.02 Å². The van der Waals surface area contributed by atoms with Crippen LogP contribution in [0.5, 0.6) is 0 Å². The molecule has 7 nitrogen and oxygen atoms in total. The summed E-state index contributed by atoms with van der Waals surface area (Å²) in [6.45, 7) is 2.90. The summed E-state index contributed by atoms with van der Waals surface area (Å²) in [5.74, 6) is -1.63. The molecule has 0 saturated carbocycles. The number of anilines is 1. The van der Waals surface area contributed by atoms with Crippen LogP contribution in [0.15, 0.2) is 114 Å². The maximum absolute atomic E-state index is 15.0. The number of nitrogens with one attached hydrogen (secondary N) is 1. The predicted molar refractivity (Wildman–Crippen MR) is 171 cm³/mol. The van der Waals surface area contributed by atoms with E-state index < -0.39 is 40.2 Å². The minimum absolute atomic E-state index is 0.0606. The predicted octanol–water partition coefficient (Wildman–Crippen LogP) is 6.23. The molecule has 0 aliphatic heterocycles. The first-order valence-corrected chi connectivity index (χ1v) is 16.1. The molecule has 0 heterocycles. The van der Waals surface area contributed by atoms with E-state index in [2.05, 4.69) is 5.32 Å². The maximum atomic E-state index is 15.0. The number of para-hydroxylation sites is 1. The number of sulfonamides is 1. The lowest BCUT2D eigenvalue weighted by atomic mass is 10.0. The number of carbonyl (C=O) groups excluding carboxylic acids is 2. The van der Waals surface area contributed by atoms with Crippen molar-refractivity contribution in [1.29, 1.82) is 0 Å². The van der Waals surface area contributed by atoms with Gasteiger partial charge in [0.25, 0.3) is 10.0 Å². The number of hydrogen-bond donors (Lipinski definition) is 1. The van der Waals surface area contributed by atoms with Gasteiger partial charge >= 0.3 is 0 Å². The van der Waals surface area contributed by atoms with Crippen LogP contribution in [0.1, 0.15) is 31.4 Å². The highest BCUT2D eigenvalue weighted by Gasteiger charge is 2.35. The molecule has 0 radical (unpaired) electrons. The van der Waals surface area contributed by atoms with Crippen LogP contribution in [0, 0.1) is 5.82 Å². The zero-order valence-electron chi connectivity index (χ0n) is 24.6. The maximum Gasteiger partial charge on any atom is 0.264 e. The molecule has 0 spiro atoms. The van der Waals surface area contributed by atoms with Gasteiger partial charge in [-0.05, 0) is 61.4 Å². The standard InChI is InChI=1S/C34H35ClFN3O4S/c1-3-25(2)37-34(41)32(22-26-12-6-4-7-13-26)38(23-27-14-10-11-17-31(27)36)33(40)24-39(29-15-8-5-9-16-29)44(42,43)30-20-18-28(35)19-21-30/h4-21,25,32H,3,22-24H2,1-2H3,(H,37,41)/t25-,32-/m0/s1. The van der Waals surface area contributed by atoms with Crippen LogP contribution < -0.4 is 9.62 Å². The Morgan fingerprint density at radius 1 is 0.864 bits per heavy atom. The summed E-state index contributed by atoms with van der Waals surface area (Å²) in [5.41, 5.74) is 1.24. The van der Waals surface area contributed by atoms with Crippen LogP contribution in [-0.4, -0.2) is 43.8 Å². The van der Waals surface area contributed by atoms with Gasteiger partial charge in [-0.1, -0.05) is 85.3 Å². The number of halogens is 2. The number of rotatable bonds is 13. The number of benzene rings is 4. The Kier molecular flexibility index (Phi) is 11.1. The number of nitrogens with zero attached hydrogens (tertiary/aromatic N) is 2. The lowest BCUT2D eigenvalue weighted by Gasteiger charge is -2.34. The fraction of sp³-hybridized carbons (Fsp3) is 0.235. The van der Waals surface area contributed by atoms with Gasteiger partial charge in [0, 0.05) is 29.6 Å². The van der Waals surface area contributed by atoms with Crippen molar-refractivity contribution in [3.63, 3.8) is 0 Å². The minimum Gasteiger partial charge on any atom is -0.352 e. The van der Waals surface area contributed by atoms with Gasteiger partial charge in [-0.15, -0.1) is 0 Å². The van der Waals surface area contributed by atoms with Gasteiger partial charge in [-0.2, -0.15) is 0 Å². The molecule has 0 fully saturated rings. The molecule has 4 aromatic carbocycles. The Bertz CT molecular complexity index is 1660. The highest BCUT2D eigenvalue weighted by atomic mass is 35.5. The summed E-state index contributed by atoms with van der Waals surface area (Å²) >= 11 is 6.01. The highest BCUT2D eigenvalue weighted by molar-refractivity contribution is 7.92. The van der Waals surface area contributed by atoms with E-state index in [4.69, 9.17) is 11.6 Å². The summed E-state index contributed by atoms with van der Waals surface area (Å²) in [6, 6.07) is 27.8. The molecule has 0 aliphatic carbocycles. The van der Waals surface area contributed by atoms with Crippen molar-refractivity contribution < 1.29 is 22.4 Å². The van der Waals surface area contributed by atoms with E-state index in [-0.39, 0.29) is 35.2 Å². The smallest absolute Gasteiger partial charge is 0.264 e. The molecule has 0 aliphatic rings. The second-order valence-electron chi connectivity index (χ2n) is 10.4. The molecule has 1 N–H and O–H groups in total. The zero-order valence-corrected chi connectivity index (χ0v) is 26.1. The Labute approximate surface area is 263 Å². The topological polar surface area (TPSA) is 86.8 Å². The molecule has 44 heavy (non-hydrogen) atoms. The molecule has 2 amide bonds. The summed E-state index contributed by atoms with van der Waals surface area (Å²) in [7, 11) is -4.26. The summed E-state index contributed by atoms with van der Waals surface area (Å²) in [4.78, 5) is 29.4. The molecular formula is C34H35ClFN3O4S. The third-order valence-corrected chi connectivity index (χ3v) is 9.34. The van der Waals surface area contributed by atoms with Crippen LogP contribution in [-0.2, 0) is 32.6 Å². The van der Waals surface area contributed by atoms with Gasteiger partial charge < -0.3 is 10.2 Å². The first-order valence-electron chi connectivity index (χ1n) is 14.3. The SMILES string of the molecule is CC[C@H](C)NC(=O)[C@H](Cc1ccccc1)N(Cc1ccccc1F)C(=O)CN(c1ccccc1)S(=O)(=O)c1ccc(Cl)cc1. The molecule has 10 heteroatoms. The molecular weight excluding hydrogens is 601 g/mol. The molecule has 2 atom stereocenters. The van der Waals surface area contributed by atoms with Crippen LogP contribution in [0.3, 0.4) is 0 Å². The van der Waals surface area contributed by atoms with Crippen molar-refractivity contribution in [1.82, 2.24) is 10.2 Å². The molecule has 230 valence electrons. The largest absolute Gasteiger partial charge is 0.352 e. The second kappa shape index (κ2) is 15.0. The Morgan fingerprint density at radius 3 is 2.07 bits per heavy atom. The van der Waals surface area contributed by atoms with Crippen molar-refractivity contribution in [3.8, 4) is 0 Å². The monoisotopic (exact) mass is 635 g/mol. The summed E-state index contributed by atoms with van der Waals surface area (Å²) in [6.07, 6.45) is 0.796. The van der Waals surface area contributed by atoms with Gasteiger partial charge in [-0.3, -0.25) is 13.9 Å². The minimum atomic E-state index is -4.26. The third kappa shape index (κ3) is 8.24. The molecule has 4 rings (SSSR count). The van der Waals surface area contributed by atoms with E-state index in [0.29, 0.717) is 11.4 Å². The highest BCUT2D eigenvalue weighted by Crippen LogP contribution is 2.26. The van der Waals surface area contributed by atoms with E-state index in [1.54, 1.807) is 42.5 Å². The molecule has 0 aromatic heterocycles. The van der Waals surface area contributed by atoms with E-state index in [1.807, 2.05) is 44.2 Å². The Morgan fingerprint density at radius 2 is 1.45 bits per heavy atom. The van der Waals surface area contributed by atoms with Gasteiger partial charge in [0.2, 0.25) is 11.8 Å². The van der Waals surface area contributed by atoms with Gasteiger partial charge in [0.15, 0.2) is 0 Å². The quantitative estimate of drug-likeness (QED) is 0.189. The first-order chi connectivity index (χ1) is 21.1. The van der Waals surface area contributed by atoms with E-state index >= 15 is 0 Å². The number of carbonyl (C=O) groups is 2. The fourth-order valence-corrected chi connectivity index (χ4v) is 6.20. The molecule has 0 bridgehead atoms. The lowest BCUT2D eigenvalue weighted by Crippen LogP contribution is -2.54. The normalized spacial score (nSPS) is 12.6. The number of amides is 2. The Balaban J connectivity index is 1.80. The van der Waals surface area contributed by atoms with Crippen molar-refractivity contribution in [3.05, 3.63) is 131 Å². The summed E-state index contributed by atoms with van der Waals surface area (Å²) < 4.78 is 43.9. The van der Waals surface area contributed by atoms with Crippen LogP contribution in [0.25, 0.3) is 0 Å². The van der Waals surface area contributed by atoms with Crippen molar-refractivity contribution in [2.24, 2.45) is 0 Å². The molecule has 0 saturated heterocycles. The van der Waals surface area contributed by atoms with Crippen molar-refractivity contribution >= 4 is 39.1 Å². The third-order valence-electron chi connectivity index (χ3n) is 7.30. The van der Waals surface area contributed by atoms with Gasteiger partial charge in [0.05, 0.1) is 10.6 Å². The van der Waals surface area contributed by atoms with Crippen molar-refractivity contribution in [2.45, 2.75) is 50.2 Å². The van der Waals surface area contributed by atoms with E-state index in [9.17, 15) is 22.4 Å². The van der Waals surface area contributed by atoms with Crippen molar-refractivity contribution in [2.75, 3.05) is 10.8 Å². The number of hydrogen-bond acceptors (Lipinski definition) is 4. The van der Waals surface area contributed by atoms with Crippen LogP contribution in [0.4, 0.5) is 10.1 Å². The summed E-state index contributed by atoms with van der Waals surface area (Å²) in [5, 5.41) is 3.32. The van der Waals surface area contributed by atoms with E-state index in [0.717, 1.165) is 9.87 Å². The van der Waals surface area contributed by atoms with Gasteiger partial charge in [0.1, 0.15) is 18.4 Å². The molecule has 0 unspecified atom stereocenters. The average molecular weight is 636 g/mol. The van der Waals surface area contributed by atoms with Crippen LogP contribution >= 0.6 is 11.6 Å². The van der Waals surface area contributed by atoms with E-state index in [1.165, 1.54) is 41.3 Å². The lowest BCUT2D eigenvalue weighted by molar-refractivity contribution is -0.140. The first kappa shape index (κ1) is 32.7. The molecule has 4 aromatic rings.